The first-order valence-electron chi connectivity index (χ1n) is 13.0. The van der Waals surface area contributed by atoms with Gasteiger partial charge in [-0.05, 0) is 68.0 Å². The van der Waals surface area contributed by atoms with Crippen LogP contribution in [-0.4, -0.2) is 67.2 Å². The van der Waals surface area contributed by atoms with E-state index < -0.39 is 23.0 Å². The Morgan fingerprint density at radius 2 is 2.11 bits per heavy atom. The van der Waals surface area contributed by atoms with E-state index in [4.69, 9.17) is 4.74 Å². The molecule has 0 radical (unpaired) electrons. The van der Waals surface area contributed by atoms with Crippen LogP contribution in [0.5, 0.6) is 11.5 Å². The molecular formula is C28H28N4O5. The van der Waals surface area contributed by atoms with Crippen LogP contribution < -0.4 is 10.1 Å². The summed E-state index contributed by atoms with van der Waals surface area (Å²) in [6, 6.07) is 8.76. The van der Waals surface area contributed by atoms with Gasteiger partial charge in [-0.2, -0.15) is 5.10 Å². The average Bonchev–Trinajstić information content (AvgIpc) is 3.43. The number of rotatable bonds is 4. The molecule has 1 saturated heterocycles. The van der Waals surface area contributed by atoms with Gasteiger partial charge < -0.3 is 25.4 Å². The summed E-state index contributed by atoms with van der Waals surface area (Å²) in [6.07, 6.45) is 4.39. The number of benzene rings is 2. The van der Waals surface area contributed by atoms with Gasteiger partial charge in [0.2, 0.25) is 0 Å². The number of fused-ring (bicyclic) bond motifs is 1. The zero-order chi connectivity index (χ0) is 25.1. The number of aromatic nitrogens is 2. The highest BCUT2D eigenvalue weighted by atomic mass is 16.5. The maximum Gasteiger partial charge on any atom is 0.255 e. The summed E-state index contributed by atoms with van der Waals surface area (Å²) in [4.78, 5) is 16.0. The number of aliphatic hydroxyl groups is 2. The summed E-state index contributed by atoms with van der Waals surface area (Å²) >= 11 is 0. The van der Waals surface area contributed by atoms with Crippen molar-refractivity contribution in [2.75, 3.05) is 18.4 Å². The molecule has 2 bridgehead atoms. The lowest BCUT2D eigenvalue weighted by atomic mass is 9.49. The van der Waals surface area contributed by atoms with E-state index in [0.29, 0.717) is 30.2 Å². The number of ether oxygens (including phenoxy) is 1. The van der Waals surface area contributed by atoms with E-state index in [1.165, 1.54) is 12.8 Å². The van der Waals surface area contributed by atoms with Gasteiger partial charge in [-0.25, -0.2) is 0 Å². The third-order valence-corrected chi connectivity index (χ3v) is 9.49. The van der Waals surface area contributed by atoms with E-state index in [1.54, 1.807) is 24.4 Å². The number of anilines is 1. The zero-order valence-corrected chi connectivity index (χ0v) is 20.2. The van der Waals surface area contributed by atoms with Crippen molar-refractivity contribution in [2.24, 2.45) is 5.92 Å². The Morgan fingerprint density at radius 1 is 1.24 bits per heavy atom. The Hall–Kier alpha value is -3.56. The molecule has 3 aromatic rings. The first kappa shape index (κ1) is 21.5. The van der Waals surface area contributed by atoms with Gasteiger partial charge in [-0.15, -0.1) is 0 Å². The Bertz CT molecular complexity index is 1530. The first-order valence-corrected chi connectivity index (χ1v) is 13.0. The van der Waals surface area contributed by atoms with Crippen LogP contribution in [0.1, 0.15) is 36.8 Å². The van der Waals surface area contributed by atoms with Gasteiger partial charge in [-0.3, -0.25) is 14.8 Å². The molecule has 1 aromatic heterocycles. The molecule has 9 nitrogen and oxygen atoms in total. The van der Waals surface area contributed by atoms with Crippen LogP contribution in [0.15, 0.2) is 47.9 Å². The lowest BCUT2D eigenvalue weighted by Gasteiger charge is -2.62. The van der Waals surface area contributed by atoms with Crippen LogP contribution >= 0.6 is 0 Å². The maximum atomic E-state index is 13.6. The van der Waals surface area contributed by atoms with Crippen molar-refractivity contribution < 1.29 is 24.9 Å². The summed E-state index contributed by atoms with van der Waals surface area (Å²) in [5.41, 5.74) is 1.07. The molecule has 9 heteroatoms. The molecule has 1 spiro atoms. The molecule has 190 valence electrons. The minimum absolute atomic E-state index is 0.00426. The number of aromatic amines is 1. The minimum Gasteiger partial charge on any atom is -0.508 e. The van der Waals surface area contributed by atoms with Gasteiger partial charge in [0.05, 0.1) is 28.3 Å². The minimum atomic E-state index is -1.33. The second-order valence-corrected chi connectivity index (χ2v) is 11.4. The van der Waals surface area contributed by atoms with Gasteiger partial charge >= 0.3 is 0 Å². The average molecular weight is 501 g/mol. The molecule has 1 amide bonds. The number of nitrogens with one attached hydrogen (secondary N) is 2. The van der Waals surface area contributed by atoms with Crippen molar-refractivity contribution in [1.82, 2.24) is 15.1 Å². The molecule has 4 atom stereocenters. The van der Waals surface area contributed by atoms with E-state index in [9.17, 15) is 20.1 Å². The van der Waals surface area contributed by atoms with Crippen LogP contribution in [0.4, 0.5) is 5.69 Å². The number of hydrogen-bond donors (Lipinski definition) is 5. The summed E-state index contributed by atoms with van der Waals surface area (Å²) in [5, 5.41) is 45.6. The van der Waals surface area contributed by atoms with Crippen LogP contribution in [-0.2, 0) is 16.6 Å². The SMILES string of the molecule is O=C(Nc1ccc2cn[nH]c2c1)C1=C(O)[C@@H]2Oc3c(O)ccc4c3[C@@]23CCN(CC2CC2)[C@H](C4)[C@]3(O)C1. The zero-order valence-electron chi connectivity index (χ0n) is 20.2. The number of likely N-dealkylation sites (tertiary alicyclic amines) is 1. The highest BCUT2D eigenvalue weighted by molar-refractivity contribution is 6.05. The number of hydrogen-bond acceptors (Lipinski definition) is 7. The molecule has 37 heavy (non-hydrogen) atoms. The summed E-state index contributed by atoms with van der Waals surface area (Å²) in [7, 11) is 0. The molecule has 8 rings (SSSR count). The Balaban J connectivity index is 1.24. The number of phenolic OH excluding ortho intramolecular Hbond substituents is 1. The Kier molecular flexibility index (Phi) is 4.10. The topological polar surface area (TPSA) is 131 Å². The number of aliphatic hydroxyl groups excluding tert-OH is 1. The molecule has 3 aliphatic carbocycles. The molecule has 5 N–H and O–H groups in total. The lowest BCUT2D eigenvalue weighted by molar-refractivity contribution is -0.172. The second-order valence-electron chi connectivity index (χ2n) is 11.4. The van der Waals surface area contributed by atoms with E-state index in [0.717, 1.165) is 35.1 Å². The Labute approximate surface area is 212 Å². The number of aromatic hydroxyl groups is 1. The van der Waals surface area contributed by atoms with Gasteiger partial charge in [0.25, 0.3) is 5.91 Å². The van der Waals surface area contributed by atoms with E-state index >= 15 is 0 Å². The third kappa shape index (κ3) is 2.70. The monoisotopic (exact) mass is 500 g/mol. The van der Waals surface area contributed by atoms with E-state index in [-0.39, 0.29) is 29.5 Å². The fraction of sp³-hybridized carbons (Fsp3) is 0.429. The van der Waals surface area contributed by atoms with Crippen LogP contribution in [0.25, 0.3) is 10.9 Å². The predicted octanol–water partition coefficient (Wildman–Crippen LogP) is 2.89. The molecule has 5 aliphatic rings. The van der Waals surface area contributed by atoms with Crippen molar-refractivity contribution >= 4 is 22.5 Å². The predicted molar refractivity (Wildman–Crippen MR) is 135 cm³/mol. The van der Waals surface area contributed by atoms with Gasteiger partial charge in [0.1, 0.15) is 5.76 Å². The van der Waals surface area contributed by atoms with Crippen molar-refractivity contribution in [3.63, 3.8) is 0 Å². The molecule has 2 aromatic carbocycles. The van der Waals surface area contributed by atoms with Crippen molar-refractivity contribution in [2.45, 2.75) is 55.3 Å². The molecule has 2 aliphatic heterocycles. The molecule has 3 heterocycles. The smallest absolute Gasteiger partial charge is 0.255 e. The number of carbonyl (C=O) groups excluding carboxylic acids is 1. The number of carbonyl (C=O) groups is 1. The van der Waals surface area contributed by atoms with E-state index in [2.05, 4.69) is 20.4 Å². The number of amides is 1. The summed E-state index contributed by atoms with van der Waals surface area (Å²) in [6.45, 7) is 1.70. The largest absolute Gasteiger partial charge is 0.508 e. The standard InChI is InChI=1S/C28H28N4O5/c33-20-6-4-15-9-21-28(36)11-18(26(35)30-17-5-3-16-12-29-31-19(16)10-17)23(34)25-27(28,22(15)24(20)37-25)7-8-32(21)13-14-1-2-14/h3-6,10,12,14,21,25,33-34,36H,1-2,7-9,11,13H2,(H,29,31)(H,30,35)/t21-,25+,27+,28-/m1/s1. The fourth-order valence-electron chi connectivity index (χ4n) is 7.59. The fourth-order valence-corrected chi connectivity index (χ4v) is 7.59. The number of phenols is 1. The maximum absolute atomic E-state index is 13.6. The molecule has 2 fully saturated rings. The highest BCUT2D eigenvalue weighted by Gasteiger charge is 2.73. The van der Waals surface area contributed by atoms with Crippen molar-refractivity contribution in [3.8, 4) is 11.5 Å². The van der Waals surface area contributed by atoms with Crippen molar-refractivity contribution in [3.05, 3.63) is 59.0 Å². The number of nitrogens with zero attached hydrogens (tertiary/aromatic N) is 2. The Morgan fingerprint density at radius 3 is 2.95 bits per heavy atom. The quantitative estimate of drug-likeness (QED) is 0.372. The lowest BCUT2D eigenvalue weighted by Crippen LogP contribution is -2.75. The van der Waals surface area contributed by atoms with E-state index in [1.807, 2.05) is 12.1 Å². The first-order chi connectivity index (χ1) is 17.9. The number of piperidine rings is 1. The molecule has 1 saturated carbocycles. The van der Waals surface area contributed by atoms with Crippen LogP contribution in [0, 0.1) is 5.92 Å². The third-order valence-electron chi connectivity index (χ3n) is 9.49. The van der Waals surface area contributed by atoms with Crippen molar-refractivity contribution in [1.29, 1.82) is 0 Å². The van der Waals surface area contributed by atoms with Gasteiger partial charge in [0.15, 0.2) is 17.6 Å². The number of H-pyrrole nitrogens is 1. The van der Waals surface area contributed by atoms with Gasteiger partial charge in [0, 0.05) is 35.6 Å². The van der Waals surface area contributed by atoms with Gasteiger partial charge in [-0.1, -0.05) is 6.07 Å². The normalized spacial score (nSPS) is 31.8. The van der Waals surface area contributed by atoms with Crippen LogP contribution in [0.2, 0.25) is 0 Å². The van der Waals surface area contributed by atoms with Crippen LogP contribution in [0.3, 0.4) is 0 Å². The highest BCUT2D eigenvalue weighted by Crippen LogP contribution is 2.66. The molecular weight excluding hydrogens is 472 g/mol. The second kappa shape index (κ2) is 7.05. The molecule has 0 unspecified atom stereocenters. The summed E-state index contributed by atoms with van der Waals surface area (Å²) in [5.74, 6) is 0.338. The summed E-state index contributed by atoms with van der Waals surface area (Å²) < 4.78 is 6.26.